The molecule has 2 aromatic rings. The Labute approximate surface area is 156 Å². The minimum atomic E-state index is -0.265. The van der Waals surface area contributed by atoms with E-state index in [1.807, 2.05) is 35.9 Å². The van der Waals surface area contributed by atoms with Gasteiger partial charge in [-0.05, 0) is 47.9 Å². The van der Waals surface area contributed by atoms with Crippen molar-refractivity contribution in [3.8, 4) is 0 Å². The van der Waals surface area contributed by atoms with E-state index in [-0.39, 0.29) is 16.6 Å². The highest BCUT2D eigenvalue weighted by Crippen LogP contribution is 2.37. The third-order valence-electron chi connectivity index (χ3n) is 4.32. The molecule has 0 aliphatic heterocycles. The van der Waals surface area contributed by atoms with E-state index < -0.39 is 0 Å². The molecule has 1 N–H and O–H groups in total. The van der Waals surface area contributed by atoms with Crippen LogP contribution in [0.3, 0.4) is 0 Å². The molecule has 8 heteroatoms. The standard InChI is InChI=1S/C17H22ClN5OS/c1-11(25-16-20-21-22-23(16)14-7-8-14)15(24)19-10-17(2,3)12-5-4-6-13(18)9-12/h4-6,9,11,14H,7-8,10H2,1-3H3,(H,19,24). The van der Waals surface area contributed by atoms with Gasteiger partial charge in [-0.25, -0.2) is 4.68 Å². The molecule has 6 nitrogen and oxygen atoms in total. The molecule has 0 saturated heterocycles. The van der Waals surface area contributed by atoms with Crippen LogP contribution in [0.5, 0.6) is 0 Å². The lowest BCUT2D eigenvalue weighted by Gasteiger charge is -2.26. The number of thioether (sulfide) groups is 1. The molecular formula is C17H22ClN5OS. The minimum Gasteiger partial charge on any atom is -0.354 e. The first kappa shape index (κ1) is 18.2. The second kappa shape index (κ2) is 7.33. The highest BCUT2D eigenvalue weighted by atomic mass is 35.5. The lowest BCUT2D eigenvalue weighted by Crippen LogP contribution is -2.40. The van der Waals surface area contributed by atoms with Crippen molar-refractivity contribution >= 4 is 29.3 Å². The number of carbonyl (C=O) groups is 1. The number of carbonyl (C=O) groups excluding carboxylic acids is 1. The van der Waals surface area contributed by atoms with Crippen LogP contribution < -0.4 is 5.32 Å². The lowest BCUT2D eigenvalue weighted by molar-refractivity contribution is -0.120. The van der Waals surface area contributed by atoms with Crippen molar-refractivity contribution in [3.63, 3.8) is 0 Å². The Hall–Kier alpha value is -1.60. The zero-order valence-electron chi connectivity index (χ0n) is 14.6. The van der Waals surface area contributed by atoms with E-state index in [9.17, 15) is 4.79 Å². The molecule has 1 saturated carbocycles. The van der Waals surface area contributed by atoms with Gasteiger partial charge < -0.3 is 5.32 Å². The lowest BCUT2D eigenvalue weighted by atomic mass is 9.84. The smallest absolute Gasteiger partial charge is 0.233 e. The second-order valence-corrected chi connectivity index (χ2v) is 8.75. The third-order valence-corrected chi connectivity index (χ3v) is 5.60. The van der Waals surface area contributed by atoms with E-state index in [2.05, 4.69) is 34.7 Å². The molecule has 1 aromatic heterocycles. The summed E-state index contributed by atoms with van der Waals surface area (Å²) in [6, 6.07) is 8.14. The monoisotopic (exact) mass is 379 g/mol. The van der Waals surface area contributed by atoms with Gasteiger partial charge in [0.1, 0.15) is 0 Å². The second-order valence-electron chi connectivity index (χ2n) is 7.01. The molecule has 1 unspecified atom stereocenters. The molecule has 1 heterocycles. The predicted octanol–water partition coefficient (Wildman–Crippen LogP) is 3.24. The van der Waals surface area contributed by atoms with Gasteiger partial charge >= 0.3 is 0 Å². The zero-order valence-corrected chi connectivity index (χ0v) is 16.1. The summed E-state index contributed by atoms with van der Waals surface area (Å²) in [6.07, 6.45) is 2.21. The maximum atomic E-state index is 12.5. The van der Waals surface area contributed by atoms with Crippen molar-refractivity contribution in [2.24, 2.45) is 0 Å². The summed E-state index contributed by atoms with van der Waals surface area (Å²) in [6.45, 7) is 6.58. The average molecular weight is 380 g/mol. The highest BCUT2D eigenvalue weighted by molar-refractivity contribution is 8.00. The fourth-order valence-electron chi connectivity index (χ4n) is 2.49. The van der Waals surface area contributed by atoms with Crippen LogP contribution in [0.2, 0.25) is 5.02 Å². The molecule has 1 aliphatic rings. The van der Waals surface area contributed by atoms with Crippen LogP contribution in [0.4, 0.5) is 0 Å². The first-order chi connectivity index (χ1) is 11.9. The Bertz CT molecular complexity index is 759. The van der Waals surface area contributed by atoms with Crippen LogP contribution in [0, 0.1) is 0 Å². The normalized spacial score (nSPS) is 15.8. The molecule has 1 atom stereocenters. The number of aromatic nitrogens is 4. The van der Waals surface area contributed by atoms with Crippen molar-refractivity contribution in [3.05, 3.63) is 34.9 Å². The molecule has 0 bridgehead atoms. The first-order valence-corrected chi connectivity index (χ1v) is 9.61. The fourth-order valence-corrected chi connectivity index (χ4v) is 3.56. The quantitative estimate of drug-likeness (QED) is 0.747. The van der Waals surface area contributed by atoms with Crippen molar-refractivity contribution < 1.29 is 4.79 Å². The summed E-state index contributed by atoms with van der Waals surface area (Å²) in [4.78, 5) is 12.5. The molecular weight excluding hydrogens is 358 g/mol. The summed E-state index contributed by atoms with van der Waals surface area (Å²) in [7, 11) is 0. The SMILES string of the molecule is CC(Sc1nnnn1C1CC1)C(=O)NCC(C)(C)c1cccc(Cl)c1. The van der Waals surface area contributed by atoms with Gasteiger partial charge in [0, 0.05) is 17.0 Å². The number of halogens is 1. The van der Waals surface area contributed by atoms with E-state index in [0.717, 1.165) is 18.4 Å². The van der Waals surface area contributed by atoms with Crippen LogP contribution in [0.1, 0.15) is 45.2 Å². The Kier molecular flexibility index (Phi) is 5.34. The summed E-state index contributed by atoms with van der Waals surface area (Å²) in [5, 5.41) is 16.0. The molecule has 1 fully saturated rings. The van der Waals surface area contributed by atoms with Gasteiger partial charge in [-0.15, -0.1) is 5.10 Å². The van der Waals surface area contributed by atoms with Gasteiger partial charge in [0.05, 0.1) is 11.3 Å². The van der Waals surface area contributed by atoms with Gasteiger partial charge in [0.25, 0.3) is 0 Å². The molecule has 134 valence electrons. The number of amides is 1. The Balaban J connectivity index is 1.57. The molecule has 1 aliphatic carbocycles. The minimum absolute atomic E-state index is 0.0227. The number of nitrogens with zero attached hydrogens (tertiary/aromatic N) is 4. The highest BCUT2D eigenvalue weighted by Gasteiger charge is 2.30. The predicted molar refractivity (Wildman–Crippen MR) is 98.9 cm³/mol. The van der Waals surface area contributed by atoms with E-state index in [4.69, 9.17) is 11.6 Å². The number of benzene rings is 1. The van der Waals surface area contributed by atoms with Crippen LogP contribution in [-0.2, 0) is 10.2 Å². The van der Waals surface area contributed by atoms with E-state index in [1.54, 1.807) is 0 Å². The molecule has 0 spiro atoms. The topological polar surface area (TPSA) is 72.7 Å². The average Bonchev–Trinajstić information content (AvgIpc) is 3.32. The maximum absolute atomic E-state index is 12.5. The number of tetrazole rings is 1. The maximum Gasteiger partial charge on any atom is 0.233 e. The van der Waals surface area contributed by atoms with E-state index >= 15 is 0 Å². The molecule has 25 heavy (non-hydrogen) atoms. The first-order valence-electron chi connectivity index (χ1n) is 8.35. The van der Waals surface area contributed by atoms with Crippen molar-refractivity contribution in [1.29, 1.82) is 0 Å². The zero-order chi connectivity index (χ0) is 18.0. The molecule has 1 aromatic carbocycles. The van der Waals surface area contributed by atoms with Gasteiger partial charge in [-0.2, -0.15) is 0 Å². The van der Waals surface area contributed by atoms with E-state index in [0.29, 0.717) is 22.8 Å². The van der Waals surface area contributed by atoms with Crippen LogP contribution >= 0.6 is 23.4 Å². The largest absolute Gasteiger partial charge is 0.354 e. The Morgan fingerprint density at radius 1 is 1.48 bits per heavy atom. The third kappa shape index (κ3) is 4.52. The summed E-state index contributed by atoms with van der Waals surface area (Å²) in [5.74, 6) is -0.0227. The Morgan fingerprint density at radius 2 is 2.24 bits per heavy atom. The number of hydrogen-bond donors (Lipinski definition) is 1. The van der Waals surface area contributed by atoms with Gasteiger partial charge in [0.15, 0.2) is 0 Å². The van der Waals surface area contributed by atoms with Crippen LogP contribution in [0.15, 0.2) is 29.4 Å². The van der Waals surface area contributed by atoms with Gasteiger partial charge in [-0.1, -0.05) is 49.3 Å². The van der Waals surface area contributed by atoms with Crippen LogP contribution in [0.25, 0.3) is 0 Å². The molecule has 0 radical (unpaired) electrons. The van der Waals surface area contributed by atoms with Gasteiger partial charge in [-0.3, -0.25) is 4.79 Å². The van der Waals surface area contributed by atoms with Crippen molar-refractivity contribution in [1.82, 2.24) is 25.5 Å². The number of nitrogens with one attached hydrogen (secondary N) is 1. The molecule has 3 rings (SSSR count). The van der Waals surface area contributed by atoms with E-state index in [1.165, 1.54) is 11.8 Å². The summed E-state index contributed by atoms with van der Waals surface area (Å²) in [5.41, 5.74) is 0.888. The number of hydrogen-bond acceptors (Lipinski definition) is 5. The van der Waals surface area contributed by atoms with Gasteiger partial charge in [0.2, 0.25) is 11.1 Å². The van der Waals surface area contributed by atoms with Crippen molar-refractivity contribution in [2.75, 3.05) is 6.54 Å². The number of rotatable bonds is 7. The summed E-state index contributed by atoms with van der Waals surface area (Å²) < 4.78 is 1.82. The fraction of sp³-hybridized carbons (Fsp3) is 0.529. The Morgan fingerprint density at radius 3 is 2.92 bits per heavy atom. The van der Waals surface area contributed by atoms with Crippen LogP contribution in [-0.4, -0.2) is 37.9 Å². The van der Waals surface area contributed by atoms with Crippen molar-refractivity contribution in [2.45, 2.75) is 55.5 Å². The molecule has 1 amide bonds. The summed E-state index contributed by atoms with van der Waals surface area (Å²) >= 11 is 7.47.